The first-order valence-electron chi connectivity index (χ1n) is 9.58. The number of ether oxygens (including phenoxy) is 2. The molecule has 0 N–H and O–H groups in total. The van der Waals surface area contributed by atoms with Gasteiger partial charge in [-0.3, -0.25) is 4.79 Å². The number of hydrogen-bond donors (Lipinski definition) is 0. The number of rotatable bonds is 11. The van der Waals surface area contributed by atoms with Gasteiger partial charge in [0, 0.05) is 23.7 Å². The number of hydrogen-bond acceptors (Lipinski definition) is 4. The highest BCUT2D eigenvalue weighted by molar-refractivity contribution is 6.07. The third-order valence-corrected chi connectivity index (χ3v) is 4.52. The van der Waals surface area contributed by atoms with Gasteiger partial charge in [-0.2, -0.15) is 0 Å². The molecule has 0 bridgehead atoms. The average Bonchev–Trinajstić information content (AvgIpc) is 2.73. The average molecular weight is 385 g/mol. The largest absolute Gasteiger partial charge is 0.497 e. The molecule has 2 aromatic rings. The van der Waals surface area contributed by atoms with Crippen molar-refractivity contribution in [3.05, 3.63) is 65.5 Å². The molecule has 0 aromatic heterocycles. The fraction of sp³-hybridized carbons (Fsp3) is 0.348. The minimum atomic E-state index is -0.436. The van der Waals surface area contributed by atoms with Crippen LogP contribution in [0.2, 0.25) is 0 Å². The molecule has 2 rings (SSSR count). The lowest BCUT2D eigenvalue weighted by Gasteiger charge is -2.17. The molecule has 0 aliphatic rings. The normalized spacial score (nSPS) is 11.2. The third kappa shape index (κ3) is 6.50. The van der Waals surface area contributed by atoms with Gasteiger partial charge in [0.2, 0.25) is 0 Å². The number of halogens is 1. The second-order valence-electron chi connectivity index (χ2n) is 6.34. The Morgan fingerprint density at radius 2 is 1.89 bits per heavy atom. The van der Waals surface area contributed by atoms with Crippen LogP contribution in [0.5, 0.6) is 11.5 Å². The van der Waals surface area contributed by atoms with Gasteiger partial charge in [0.1, 0.15) is 17.3 Å². The van der Waals surface area contributed by atoms with Crippen LogP contribution in [0, 0.1) is 5.82 Å². The summed E-state index contributed by atoms with van der Waals surface area (Å²) in [5.74, 6) is 0.457. The summed E-state index contributed by atoms with van der Waals surface area (Å²) in [6, 6.07) is 11.6. The fourth-order valence-electron chi connectivity index (χ4n) is 2.79. The van der Waals surface area contributed by atoms with E-state index in [0.29, 0.717) is 29.2 Å². The number of methoxy groups -OCH3 is 1. The van der Waals surface area contributed by atoms with E-state index in [9.17, 15) is 9.18 Å². The van der Waals surface area contributed by atoms with Gasteiger partial charge in [0.25, 0.3) is 0 Å². The van der Waals surface area contributed by atoms with E-state index in [4.69, 9.17) is 9.47 Å². The maximum Gasteiger partial charge on any atom is 0.185 e. The SMILES string of the molecule is CCN(CC)CCCOc1cccc(C(=O)C=Cc2ccc(OC)cc2F)c1. The van der Waals surface area contributed by atoms with E-state index in [1.807, 2.05) is 6.07 Å². The summed E-state index contributed by atoms with van der Waals surface area (Å²) < 4.78 is 24.7. The first-order chi connectivity index (χ1) is 13.6. The van der Waals surface area contributed by atoms with Crippen LogP contribution in [-0.2, 0) is 0 Å². The van der Waals surface area contributed by atoms with Crippen molar-refractivity contribution in [3.63, 3.8) is 0 Å². The first-order valence-corrected chi connectivity index (χ1v) is 9.58. The zero-order chi connectivity index (χ0) is 20.4. The van der Waals surface area contributed by atoms with Crippen LogP contribution in [0.1, 0.15) is 36.2 Å². The van der Waals surface area contributed by atoms with Crippen molar-refractivity contribution in [1.29, 1.82) is 0 Å². The van der Waals surface area contributed by atoms with Crippen LogP contribution in [0.3, 0.4) is 0 Å². The summed E-state index contributed by atoms with van der Waals surface area (Å²) in [5.41, 5.74) is 0.837. The molecule has 150 valence electrons. The smallest absolute Gasteiger partial charge is 0.185 e. The van der Waals surface area contributed by atoms with Crippen molar-refractivity contribution >= 4 is 11.9 Å². The van der Waals surface area contributed by atoms with Crippen molar-refractivity contribution < 1.29 is 18.7 Å². The minimum Gasteiger partial charge on any atom is -0.497 e. The zero-order valence-corrected chi connectivity index (χ0v) is 16.8. The summed E-state index contributed by atoms with van der Waals surface area (Å²) in [4.78, 5) is 14.7. The molecule has 4 nitrogen and oxygen atoms in total. The quantitative estimate of drug-likeness (QED) is 0.315. The Morgan fingerprint density at radius 1 is 1.11 bits per heavy atom. The number of nitrogens with zero attached hydrogens (tertiary/aromatic N) is 1. The summed E-state index contributed by atoms with van der Waals surface area (Å²) in [5, 5.41) is 0. The summed E-state index contributed by atoms with van der Waals surface area (Å²) in [6.45, 7) is 7.93. The van der Waals surface area contributed by atoms with E-state index < -0.39 is 5.82 Å². The summed E-state index contributed by atoms with van der Waals surface area (Å²) >= 11 is 0. The number of allylic oxidation sites excluding steroid dienone is 1. The molecule has 0 spiro atoms. The van der Waals surface area contributed by atoms with Gasteiger partial charge in [-0.15, -0.1) is 0 Å². The molecule has 0 saturated carbocycles. The van der Waals surface area contributed by atoms with E-state index in [0.717, 1.165) is 26.1 Å². The monoisotopic (exact) mass is 385 g/mol. The second-order valence-corrected chi connectivity index (χ2v) is 6.34. The lowest BCUT2D eigenvalue weighted by atomic mass is 10.1. The number of carbonyl (C=O) groups is 1. The van der Waals surface area contributed by atoms with Crippen LogP contribution < -0.4 is 9.47 Å². The molecule has 28 heavy (non-hydrogen) atoms. The summed E-state index contributed by atoms with van der Waals surface area (Å²) in [7, 11) is 1.48. The molecule has 0 unspecified atom stereocenters. The van der Waals surface area contributed by atoms with Crippen molar-refractivity contribution in [3.8, 4) is 11.5 Å². The fourth-order valence-corrected chi connectivity index (χ4v) is 2.79. The number of ketones is 1. The van der Waals surface area contributed by atoms with Crippen molar-refractivity contribution in [1.82, 2.24) is 4.90 Å². The number of carbonyl (C=O) groups excluding carboxylic acids is 1. The molecule has 0 aliphatic heterocycles. The lowest BCUT2D eigenvalue weighted by molar-refractivity contribution is 0.104. The molecule has 0 saturated heterocycles. The van der Waals surface area contributed by atoms with Crippen LogP contribution >= 0.6 is 0 Å². The Bertz CT molecular complexity index is 800. The van der Waals surface area contributed by atoms with Gasteiger partial charge in [0.15, 0.2) is 5.78 Å². The maximum atomic E-state index is 14.0. The van der Waals surface area contributed by atoms with Crippen molar-refractivity contribution in [2.24, 2.45) is 0 Å². The van der Waals surface area contributed by atoms with Gasteiger partial charge in [0.05, 0.1) is 13.7 Å². The van der Waals surface area contributed by atoms with Crippen molar-refractivity contribution in [2.45, 2.75) is 20.3 Å². The molecule has 0 atom stereocenters. The van der Waals surface area contributed by atoms with Crippen molar-refractivity contribution in [2.75, 3.05) is 33.4 Å². The molecule has 0 aliphatic carbocycles. The highest BCUT2D eigenvalue weighted by Gasteiger charge is 2.06. The predicted molar refractivity (Wildman–Crippen MR) is 111 cm³/mol. The Balaban J connectivity index is 1.94. The van der Waals surface area contributed by atoms with Crippen LogP contribution in [0.4, 0.5) is 4.39 Å². The lowest BCUT2D eigenvalue weighted by Crippen LogP contribution is -2.25. The molecular weight excluding hydrogens is 357 g/mol. The highest BCUT2D eigenvalue weighted by Crippen LogP contribution is 2.18. The second kappa shape index (κ2) is 11.2. The van der Waals surface area contributed by atoms with E-state index in [-0.39, 0.29) is 5.78 Å². The predicted octanol–water partition coefficient (Wildman–Crippen LogP) is 4.84. The number of benzene rings is 2. The Labute approximate surface area is 166 Å². The molecule has 0 fully saturated rings. The highest BCUT2D eigenvalue weighted by atomic mass is 19.1. The van der Waals surface area contributed by atoms with Gasteiger partial charge in [-0.1, -0.05) is 26.0 Å². The van der Waals surface area contributed by atoms with E-state index in [2.05, 4.69) is 18.7 Å². The molecule has 2 aromatic carbocycles. The first kappa shape index (κ1) is 21.6. The maximum absolute atomic E-state index is 14.0. The molecule has 5 heteroatoms. The molecule has 0 heterocycles. The zero-order valence-electron chi connectivity index (χ0n) is 16.8. The third-order valence-electron chi connectivity index (χ3n) is 4.52. The van der Waals surface area contributed by atoms with Gasteiger partial charge in [-0.05, 0) is 55.9 Å². The van der Waals surface area contributed by atoms with E-state index in [1.165, 1.54) is 25.3 Å². The van der Waals surface area contributed by atoms with Gasteiger partial charge in [-0.25, -0.2) is 4.39 Å². The minimum absolute atomic E-state index is 0.205. The Hall–Kier alpha value is -2.66. The van der Waals surface area contributed by atoms with Gasteiger partial charge < -0.3 is 14.4 Å². The molecule has 0 amide bonds. The Morgan fingerprint density at radius 3 is 2.57 bits per heavy atom. The van der Waals surface area contributed by atoms with Crippen LogP contribution in [0.15, 0.2) is 48.5 Å². The van der Waals surface area contributed by atoms with Gasteiger partial charge >= 0.3 is 0 Å². The molecular formula is C23H28FNO3. The standard InChI is InChI=1S/C23H28FNO3/c1-4-25(5-2)14-7-15-28-21-9-6-8-19(16-21)23(26)13-11-18-10-12-20(27-3)17-22(18)24/h6,8-13,16-17H,4-5,7,14-15H2,1-3H3. The Kier molecular flexibility index (Phi) is 8.69. The molecule has 0 radical (unpaired) electrons. The summed E-state index contributed by atoms with van der Waals surface area (Å²) in [6.07, 6.45) is 3.76. The van der Waals surface area contributed by atoms with E-state index >= 15 is 0 Å². The van der Waals surface area contributed by atoms with Crippen LogP contribution in [0.25, 0.3) is 6.08 Å². The van der Waals surface area contributed by atoms with Crippen LogP contribution in [-0.4, -0.2) is 44.0 Å². The van der Waals surface area contributed by atoms with E-state index in [1.54, 1.807) is 30.3 Å². The topological polar surface area (TPSA) is 38.8 Å².